The van der Waals surface area contributed by atoms with E-state index < -0.39 is 0 Å². The molecule has 1 aliphatic rings. The van der Waals surface area contributed by atoms with Crippen LogP contribution in [0.3, 0.4) is 0 Å². The summed E-state index contributed by atoms with van der Waals surface area (Å²) in [6, 6.07) is 8.83. The van der Waals surface area contributed by atoms with E-state index in [1.165, 1.54) is 6.08 Å². The molecule has 2 aromatic carbocycles. The van der Waals surface area contributed by atoms with Crippen LogP contribution in [-0.2, 0) is 4.79 Å². The predicted octanol–water partition coefficient (Wildman–Crippen LogP) is 4.53. The van der Waals surface area contributed by atoms with Crippen molar-refractivity contribution in [3.8, 4) is 17.2 Å². The average Bonchev–Trinajstić information content (AvgIpc) is 2.61. The quantitative estimate of drug-likeness (QED) is 0.733. The molecule has 25 heavy (non-hydrogen) atoms. The fraction of sp³-hybridized carbons (Fsp3) is 0.167. The van der Waals surface area contributed by atoms with Gasteiger partial charge in [0.25, 0.3) is 0 Å². The number of ether oxygens (including phenoxy) is 3. The number of fused-ring (bicyclic) bond motifs is 1. The Morgan fingerprint density at radius 1 is 1.28 bits per heavy atom. The third-order valence-corrected chi connectivity index (χ3v) is 4.27. The zero-order valence-electron chi connectivity index (χ0n) is 13.3. The molecular weight excluding hydrogens is 410 g/mol. The highest BCUT2D eigenvalue weighted by molar-refractivity contribution is 9.10. The lowest BCUT2D eigenvalue weighted by Crippen LogP contribution is -2.16. The Bertz CT molecular complexity index is 821. The maximum Gasteiger partial charge on any atom is 0.248 e. The van der Waals surface area contributed by atoms with E-state index in [4.69, 9.17) is 25.8 Å². The van der Waals surface area contributed by atoms with Gasteiger partial charge in [-0.1, -0.05) is 27.5 Å². The third-order valence-electron chi connectivity index (χ3n) is 3.47. The number of carbonyl (C=O) groups excluding carboxylic acids is 1. The van der Waals surface area contributed by atoms with E-state index >= 15 is 0 Å². The van der Waals surface area contributed by atoms with Gasteiger partial charge in [0.2, 0.25) is 11.7 Å². The van der Waals surface area contributed by atoms with Crippen LogP contribution >= 0.6 is 27.5 Å². The predicted molar refractivity (Wildman–Crippen MR) is 101 cm³/mol. The van der Waals surface area contributed by atoms with Gasteiger partial charge in [-0.3, -0.25) is 4.79 Å². The van der Waals surface area contributed by atoms with Crippen LogP contribution in [0.4, 0.5) is 5.69 Å². The molecule has 7 heteroatoms. The van der Waals surface area contributed by atoms with Crippen molar-refractivity contribution in [1.29, 1.82) is 0 Å². The Balaban J connectivity index is 1.76. The van der Waals surface area contributed by atoms with Crippen molar-refractivity contribution < 1.29 is 19.0 Å². The zero-order valence-corrected chi connectivity index (χ0v) is 15.7. The van der Waals surface area contributed by atoms with Crippen LogP contribution in [-0.4, -0.2) is 26.2 Å². The molecule has 0 unspecified atom stereocenters. The molecule has 0 radical (unpaired) electrons. The van der Waals surface area contributed by atoms with Gasteiger partial charge in [0.05, 0.1) is 17.8 Å². The Morgan fingerprint density at radius 3 is 2.84 bits per heavy atom. The van der Waals surface area contributed by atoms with Crippen molar-refractivity contribution >= 4 is 45.2 Å². The highest BCUT2D eigenvalue weighted by atomic mass is 79.9. The number of carbonyl (C=O) groups is 1. The number of methoxy groups -OCH3 is 1. The van der Waals surface area contributed by atoms with Crippen LogP contribution in [0.1, 0.15) is 5.56 Å². The molecule has 1 N–H and O–H groups in total. The minimum Gasteiger partial charge on any atom is -0.493 e. The van der Waals surface area contributed by atoms with Crippen molar-refractivity contribution in [2.75, 3.05) is 25.6 Å². The number of benzene rings is 2. The lowest BCUT2D eigenvalue weighted by Gasteiger charge is -2.20. The molecule has 1 amide bonds. The van der Waals surface area contributed by atoms with E-state index in [0.717, 1.165) is 10.0 Å². The minimum absolute atomic E-state index is 0.293. The highest BCUT2D eigenvalue weighted by Gasteiger charge is 2.17. The summed E-state index contributed by atoms with van der Waals surface area (Å²) in [7, 11) is 1.56. The van der Waals surface area contributed by atoms with Gasteiger partial charge in [0.1, 0.15) is 13.2 Å². The van der Waals surface area contributed by atoms with Crippen molar-refractivity contribution in [3.05, 3.63) is 51.5 Å². The van der Waals surface area contributed by atoms with Crippen molar-refractivity contribution in [3.63, 3.8) is 0 Å². The molecule has 1 aliphatic heterocycles. The summed E-state index contributed by atoms with van der Waals surface area (Å²) in [5.74, 6) is 1.45. The second kappa shape index (κ2) is 7.80. The number of hydrogen-bond acceptors (Lipinski definition) is 4. The molecule has 5 nitrogen and oxygen atoms in total. The maximum atomic E-state index is 12.1. The Morgan fingerprint density at radius 2 is 2.08 bits per heavy atom. The molecule has 0 spiro atoms. The third kappa shape index (κ3) is 4.27. The molecule has 0 atom stereocenters. The topological polar surface area (TPSA) is 56.8 Å². The summed E-state index contributed by atoms with van der Waals surface area (Å²) in [5.41, 5.74) is 1.30. The van der Waals surface area contributed by atoms with E-state index in [9.17, 15) is 4.79 Å². The van der Waals surface area contributed by atoms with Crippen LogP contribution in [0, 0.1) is 0 Å². The standard InChI is InChI=1S/C18H15BrClNO4/c1-23-15-8-11(9-16-18(15)25-7-6-24-16)2-5-17(22)21-14-4-3-12(19)10-13(14)20/h2-5,8-10H,6-7H2,1H3,(H,21,22)/b5-2+. The van der Waals surface area contributed by atoms with Crippen LogP contribution in [0.2, 0.25) is 5.02 Å². The molecule has 0 fully saturated rings. The largest absolute Gasteiger partial charge is 0.493 e. The smallest absolute Gasteiger partial charge is 0.248 e. The normalized spacial score (nSPS) is 12.9. The summed E-state index contributed by atoms with van der Waals surface area (Å²) < 4.78 is 17.3. The average molecular weight is 425 g/mol. The van der Waals surface area contributed by atoms with Crippen LogP contribution in [0.5, 0.6) is 17.2 Å². The second-order valence-corrected chi connectivity index (χ2v) is 6.52. The summed E-state index contributed by atoms with van der Waals surface area (Å²) in [5, 5.41) is 3.19. The molecule has 3 rings (SSSR count). The van der Waals surface area contributed by atoms with Crippen LogP contribution in [0.15, 0.2) is 40.9 Å². The van der Waals surface area contributed by atoms with Gasteiger partial charge < -0.3 is 19.5 Å². The van der Waals surface area contributed by atoms with Gasteiger partial charge >= 0.3 is 0 Å². The number of hydrogen-bond donors (Lipinski definition) is 1. The van der Waals surface area contributed by atoms with Crippen molar-refractivity contribution in [2.24, 2.45) is 0 Å². The molecule has 0 aromatic heterocycles. The first-order valence-electron chi connectivity index (χ1n) is 7.48. The summed E-state index contributed by atoms with van der Waals surface area (Å²) in [6.45, 7) is 0.959. The Kier molecular flexibility index (Phi) is 5.50. The number of amides is 1. The van der Waals surface area contributed by atoms with E-state index in [1.807, 2.05) is 0 Å². The number of halogens is 2. The van der Waals surface area contributed by atoms with Gasteiger partial charge in [-0.25, -0.2) is 0 Å². The van der Waals surface area contributed by atoms with Crippen molar-refractivity contribution in [1.82, 2.24) is 0 Å². The molecule has 130 valence electrons. The number of rotatable bonds is 4. The lowest BCUT2D eigenvalue weighted by atomic mass is 10.1. The van der Waals surface area contributed by atoms with Crippen LogP contribution in [0.25, 0.3) is 6.08 Å². The molecule has 2 aromatic rings. The van der Waals surface area contributed by atoms with E-state index in [-0.39, 0.29) is 5.91 Å². The summed E-state index contributed by atoms with van der Waals surface area (Å²) >= 11 is 9.42. The highest BCUT2D eigenvalue weighted by Crippen LogP contribution is 2.40. The first-order chi connectivity index (χ1) is 12.1. The monoisotopic (exact) mass is 423 g/mol. The molecule has 0 saturated heterocycles. The van der Waals surface area contributed by atoms with E-state index in [2.05, 4.69) is 21.2 Å². The number of nitrogens with one attached hydrogen (secondary N) is 1. The van der Waals surface area contributed by atoms with E-state index in [1.54, 1.807) is 43.5 Å². The van der Waals surface area contributed by atoms with E-state index in [0.29, 0.717) is 41.2 Å². The van der Waals surface area contributed by atoms with Gasteiger partial charge in [0.15, 0.2) is 11.5 Å². The molecule has 1 heterocycles. The van der Waals surface area contributed by atoms with Crippen LogP contribution < -0.4 is 19.5 Å². The SMILES string of the molecule is COc1cc(/C=C/C(=O)Nc2ccc(Br)cc2Cl)cc2c1OCCO2. The minimum atomic E-state index is -0.293. The number of anilines is 1. The zero-order chi connectivity index (χ0) is 17.8. The van der Waals surface area contributed by atoms with Gasteiger partial charge in [-0.05, 0) is 42.0 Å². The van der Waals surface area contributed by atoms with Crippen molar-refractivity contribution in [2.45, 2.75) is 0 Å². The molecule has 0 aliphatic carbocycles. The molecular formula is C18H15BrClNO4. The first kappa shape index (κ1) is 17.6. The first-order valence-corrected chi connectivity index (χ1v) is 8.65. The summed E-state index contributed by atoms with van der Waals surface area (Å²) in [6.07, 6.45) is 3.09. The van der Waals surface area contributed by atoms with Gasteiger partial charge in [-0.2, -0.15) is 0 Å². The van der Waals surface area contributed by atoms with Gasteiger partial charge in [-0.15, -0.1) is 0 Å². The molecule has 0 saturated carbocycles. The summed E-state index contributed by atoms with van der Waals surface area (Å²) in [4.78, 5) is 12.1. The molecule has 0 bridgehead atoms. The fourth-order valence-corrected chi connectivity index (χ4v) is 3.05. The maximum absolute atomic E-state index is 12.1. The lowest BCUT2D eigenvalue weighted by molar-refractivity contribution is -0.111. The van der Waals surface area contributed by atoms with Gasteiger partial charge in [0, 0.05) is 10.5 Å². The Hall–Kier alpha value is -2.18. The Labute approximate surface area is 158 Å². The fourth-order valence-electron chi connectivity index (χ4n) is 2.33. The second-order valence-electron chi connectivity index (χ2n) is 5.19.